The van der Waals surface area contributed by atoms with Crippen molar-refractivity contribution in [2.45, 2.75) is 0 Å². The summed E-state index contributed by atoms with van der Waals surface area (Å²) in [5.74, 6) is 0. The van der Waals surface area contributed by atoms with Crippen LogP contribution in [0.25, 0.3) is 0 Å². The minimum absolute atomic E-state index is 0. The number of hydrogen-bond acceptors (Lipinski definition) is 1. The van der Waals surface area contributed by atoms with E-state index in [1.807, 2.05) is 0 Å². The van der Waals surface area contributed by atoms with Crippen molar-refractivity contribution in [2.24, 2.45) is 0 Å². The van der Waals surface area contributed by atoms with Gasteiger partial charge in [-0.25, -0.2) is 0 Å². The van der Waals surface area contributed by atoms with Crippen molar-refractivity contribution in [2.75, 3.05) is 0 Å². The second-order valence-electron chi connectivity index (χ2n) is 0. The van der Waals surface area contributed by atoms with Crippen LogP contribution in [0.4, 0.5) is 0 Å². The Bertz CT molecular complexity index is 8.00. The Morgan fingerprint density at radius 3 is 1.25 bits per heavy atom. The van der Waals surface area contributed by atoms with Gasteiger partial charge in [0, 0.05) is 46.3 Å². The maximum absolute atomic E-state index is 8.39. The summed E-state index contributed by atoms with van der Waals surface area (Å²) in [6.45, 7) is 0. The predicted molar refractivity (Wildman–Crippen MR) is 12.2 cm³/mol. The normalized spacial score (nSPS) is 1.00. The fourth-order valence-electron chi connectivity index (χ4n) is 0. The molecule has 25 valence electrons. The van der Waals surface area contributed by atoms with E-state index in [1.54, 1.807) is 0 Å². The molecule has 0 aliphatic rings. The van der Waals surface area contributed by atoms with Crippen LogP contribution in [0.5, 0.6) is 0 Å². The number of rotatable bonds is 0. The second kappa shape index (κ2) is 18.7. The Balaban J connectivity index is -0.00000000500. The Hall–Kier alpha value is 2.26. The zero-order chi connectivity index (χ0) is 2.00. The van der Waals surface area contributed by atoms with Gasteiger partial charge in [-0.2, -0.15) is 0 Å². The summed E-state index contributed by atoms with van der Waals surface area (Å²) >= 11 is 0.0556. The molecule has 4 heavy (non-hydrogen) atoms. The Labute approximate surface area is 73.5 Å². The Morgan fingerprint density at radius 1 is 1.25 bits per heavy atom. The molecule has 0 aromatic heterocycles. The zero-order valence-electron chi connectivity index (χ0n) is 1.71. The molecule has 0 atom stereocenters. The van der Waals surface area contributed by atoms with Gasteiger partial charge in [-0.3, -0.25) is 0 Å². The van der Waals surface area contributed by atoms with Gasteiger partial charge >= 0.3 is 28.5 Å². The van der Waals surface area contributed by atoms with Crippen LogP contribution in [0.1, 0.15) is 0 Å². The molecule has 0 rings (SSSR count). The van der Waals surface area contributed by atoms with Crippen LogP contribution in [0.15, 0.2) is 0 Å². The van der Waals surface area contributed by atoms with Gasteiger partial charge in [0.05, 0.1) is 0 Å². The minimum atomic E-state index is 0. The Kier molecular flexibility index (Phi) is 76.1. The molecule has 0 saturated heterocycles. The van der Waals surface area contributed by atoms with E-state index in [2.05, 4.69) is 0 Å². The molecule has 0 saturated carbocycles. The summed E-state index contributed by atoms with van der Waals surface area (Å²) < 4.78 is 8.39. The molecule has 0 spiro atoms. The van der Waals surface area contributed by atoms with Crippen molar-refractivity contribution >= 4 is 49.7 Å². The number of hydrogen-bond donors (Lipinski definition) is 0. The van der Waals surface area contributed by atoms with Crippen molar-refractivity contribution in [3.05, 3.63) is 0 Å². The van der Waals surface area contributed by atoms with Crippen LogP contribution in [0.2, 0.25) is 0 Å². The molecular formula is AgOPbSn. The van der Waals surface area contributed by atoms with Crippen molar-refractivity contribution in [1.82, 2.24) is 0 Å². The van der Waals surface area contributed by atoms with E-state index in [9.17, 15) is 0 Å². The van der Waals surface area contributed by atoms with E-state index >= 15 is 0 Å². The van der Waals surface area contributed by atoms with Gasteiger partial charge < -0.3 is 0 Å². The first kappa shape index (κ1) is 16.3. The van der Waals surface area contributed by atoms with Crippen LogP contribution in [0.3, 0.4) is 0 Å². The van der Waals surface area contributed by atoms with Gasteiger partial charge in [-0.05, 0) is 0 Å². The van der Waals surface area contributed by atoms with Crippen LogP contribution in [0, 0.1) is 0 Å². The zero-order valence-corrected chi connectivity index (χ0v) is 9.93. The average Bonchev–Trinajstić information content (AvgIpc) is 1.00. The van der Waals surface area contributed by atoms with Crippen molar-refractivity contribution in [3.63, 3.8) is 0 Å². The summed E-state index contributed by atoms with van der Waals surface area (Å²) in [5.41, 5.74) is 0. The summed E-state index contributed by atoms with van der Waals surface area (Å²) in [7, 11) is 0. The average molecular weight is 450 g/mol. The summed E-state index contributed by atoms with van der Waals surface area (Å²) in [6, 6.07) is 0. The summed E-state index contributed by atoms with van der Waals surface area (Å²) in [4.78, 5) is 0. The first-order chi connectivity index (χ1) is 1.00. The third-order valence-electron chi connectivity index (χ3n) is 0. The molecule has 0 aliphatic carbocycles. The molecule has 0 aromatic carbocycles. The smallest absolute Gasteiger partial charge is 0 e. The molecule has 0 N–H and O–H groups in total. The first-order valence-electron chi connectivity index (χ1n) is 0.204. The van der Waals surface area contributed by atoms with Crippen LogP contribution < -0.4 is 0 Å². The molecular weight excluding hydrogens is 450 g/mol. The predicted octanol–water partition coefficient (Wildman–Crippen LogP) is -0.883. The van der Waals surface area contributed by atoms with Gasteiger partial charge in [-0.15, -0.1) is 0 Å². The second-order valence-corrected chi connectivity index (χ2v) is 0. The van der Waals surface area contributed by atoms with E-state index in [0.717, 1.165) is 0 Å². The van der Waals surface area contributed by atoms with Gasteiger partial charge in [0.1, 0.15) is 0 Å². The fraction of sp³-hybridized carbons (Fsp3) is 0. The Morgan fingerprint density at radius 2 is 1.25 bits per heavy atom. The molecule has 0 bridgehead atoms. The minimum Gasteiger partial charge on any atom is 0 e. The van der Waals surface area contributed by atoms with Crippen LogP contribution in [-0.2, 0) is 25.1 Å². The molecule has 1 nitrogen and oxygen atoms in total. The monoisotopic (exact) mass is 451 g/mol. The SMILES string of the molecule is [Ag].[O]=[Pb].[Sn]. The summed E-state index contributed by atoms with van der Waals surface area (Å²) in [6.07, 6.45) is 0. The largest absolute Gasteiger partial charge is 0 e. The van der Waals surface area contributed by atoms with Crippen molar-refractivity contribution in [3.8, 4) is 0 Å². The standard InChI is InChI=1S/Ag.O.Pb.Sn. The van der Waals surface area contributed by atoms with E-state index in [-0.39, 0.29) is 72.1 Å². The maximum Gasteiger partial charge on any atom is 0 e. The van der Waals surface area contributed by atoms with Gasteiger partial charge in [0.25, 0.3) is 0 Å². The van der Waals surface area contributed by atoms with Gasteiger partial charge in [0.2, 0.25) is 0 Å². The molecule has 4 heteroatoms. The van der Waals surface area contributed by atoms with E-state index in [0.29, 0.717) is 0 Å². The molecule has 0 amide bonds. The third-order valence-corrected chi connectivity index (χ3v) is 0. The molecule has 0 fully saturated rings. The van der Waals surface area contributed by atoms with Crippen LogP contribution in [-0.4, -0.2) is 49.7 Å². The van der Waals surface area contributed by atoms with Crippen molar-refractivity contribution < 1.29 is 25.1 Å². The van der Waals surface area contributed by atoms with E-state index in [1.165, 1.54) is 0 Å². The quantitative estimate of drug-likeness (QED) is 0.439. The van der Waals surface area contributed by atoms with Gasteiger partial charge in [-0.1, -0.05) is 0 Å². The fourth-order valence-corrected chi connectivity index (χ4v) is 0. The molecule has 0 aromatic rings. The topological polar surface area (TPSA) is 17.1 Å². The van der Waals surface area contributed by atoms with Gasteiger partial charge in [0.15, 0.2) is 0 Å². The molecule has 0 aliphatic heterocycles. The molecule has 0 unspecified atom stereocenters. The molecule has 7 radical (unpaired) electrons. The van der Waals surface area contributed by atoms with E-state index < -0.39 is 0 Å². The van der Waals surface area contributed by atoms with E-state index in [4.69, 9.17) is 2.69 Å². The first-order valence-corrected chi connectivity index (χ1v) is 1.79. The van der Waals surface area contributed by atoms with Crippen molar-refractivity contribution in [1.29, 1.82) is 0 Å². The third kappa shape index (κ3) is 8.86. The maximum atomic E-state index is 8.39. The van der Waals surface area contributed by atoms with Crippen LogP contribution >= 0.6 is 0 Å². The molecule has 0 heterocycles. The summed E-state index contributed by atoms with van der Waals surface area (Å²) in [5, 5.41) is 0.